The lowest BCUT2D eigenvalue weighted by Crippen LogP contribution is -2.07. The van der Waals surface area contributed by atoms with Crippen LogP contribution in [0.25, 0.3) is 11.4 Å². The van der Waals surface area contributed by atoms with Gasteiger partial charge in [0, 0.05) is 18.4 Å². The number of thioether (sulfide) groups is 1. The highest BCUT2D eigenvalue weighted by Crippen LogP contribution is 2.26. The smallest absolute Gasteiger partial charge is 0.191 e. The van der Waals surface area contributed by atoms with Gasteiger partial charge in [0.2, 0.25) is 0 Å². The Bertz CT molecular complexity index is 769. The summed E-state index contributed by atoms with van der Waals surface area (Å²) in [6.45, 7) is 3.48. The summed E-state index contributed by atoms with van der Waals surface area (Å²) in [5, 5.41) is 9.72. The van der Waals surface area contributed by atoms with Gasteiger partial charge in [-0.1, -0.05) is 71.9 Å². The van der Waals surface area contributed by atoms with Crippen molar-refractivity contribution in [3.63, 3.8) is 0 Å². The Morgan fingerprint density at radius 1 is 1.00 bits per heavy atom. The largest absolute Gasteiger partial charge is 0.383 e. The molecule has 0 unspecified atom stereocenters. The molecule has 0 atom stereocenters. The Morgan fingerprint density at radius 2 is 1.75 bits per heavy atom. The van der Waals surface area contributed by atoms with Crippen molar-refractivity contribution >= 4 is 11.8 Å². The lowest BCUT2D eigenvalue weighted by molar-refractivity contribution is 0.185. The van der Waals surface area contributed by atoms with Crippen molar-refractivity contribution in [2.75, 3.05) is 13.7 Å². The highest BCUT2D eigenvalue weighted by molar-refractivity contribution is 7.98. The lowest BCUT2D eigenvalue weighted by atomic mass is 10.2. The standard InChI is InChI=1S/C19H21N3OS/c1-15-8-10-16(11-9-15)14-24-19-21-20-18(22(19)12-13-23-2)17-6-4-3-5-7-17/h3-11H,12-14H2,1-2H3. The van der Waals surface area contributed by atoms with E-state index in [-0.39, 0.29) is 0 Å². The van der Waals surface area contributed by atoms with Gasteiger partial charge < -0.3 is 4.74 Å². The van der Waals surface area contributed by atoms with Gasteiger partial charge in [-0.2, -0.15) is 0 Å². The van der Waals surface area contributed by atoms with E-state index in [0.29, 0.717) is 6.61 Å². The topological polar surface area (TPSA) is 39.9 Å². The van der Waals surface area contributed by atoms with E-state index in [4.69, 9.17) is 4.74 Å². The minimum Gasteiger partial charge on any atom is -0.383 e. The highest BCUT2D eigenvalue weighted by Gasteiger charge is 2.14. The molecule has 3 aromatic rings. The predicted octanol–water partition coefficient (Wildman–Crippen LogP) is 4.19. The van der Waals surface area contributed by atoms with Gasteiger partial charge in [0.05, 0.1) is 13.2 Å². The van der Waals surface area contributed by atoms with Crippen molar-refractivity contribution < 1.29 is 4.74 Å². The number of aryl methyl sites for hydroxylation is 1. The Hall–Kier alpha value is -2.11. The van der Waals surface area contributed by atoms with Crippen molar-refractivity contribution in [3.05, 3.63) is 65.7 Å². The van der Waals surface area contributed by atoms with Gasteiger partial charge in [-0.05, 0) is 12.5 Å². The van der Waals surface area contributed by atoms with Gasteiger partial charge in [-0.25, -0.2) is 0 Å². The molecular formula is C19H21N3OS. The van der Waals surface area contributed by atoms with Gasteiger partial charge in [0.15, 0.2) is 11.0 Å². The van der Waals surface area contributed by atoms with Crippen LogP contribution < -0.4 is 0 Å². The summed E-state index contributed by atoms with van der Waals surface area (Å²) >= 11 is 1.71. The van der Waals surface area contributed by atoms with Crippen molar-refractivity contribution in [1.29, 1.82) is 0 Å². The number of nitrogens with zero attached hydrogens (tertiary/aromatic N) is 3. The van der Waals surface area contributed by atoms with Crippen LogP contribution in [0.4, 0.5) is 0 Å². The molecule has 0 bridgehead atoms. The molecule has 0 radical (unpaired) electrons. The maximum Gasteiger partial charge on any atom is 0.191 e. The van der Waals surface area contributed by atoms with Gasteiger partial charge in [0.25, 0.3) is 0 Å². The summed E-state index contributed by atoms with van der Waals surface area (Å²) in [6, 6.07) is 18.8. The second-order valence-corrected chi connectivity index (χ2v) is 6.53. The molecule has 0 saturated carbocycles. The SMILES string of the molecule is COCCn1c(SCc2ccc(C)cc2)nnc1-c1ccccc1. The van der Waals surface area contributed by atoms with Gasteiger partial charge in [0.1, 0.15) is 0 Å². The van der Waals surface area contributed by atoms with Crippen LogP contribution in [-0.4, -0.2) is 28.5 Å². The fourth-order valence-electron chi connectivity index (χ4n) is 2.41. The van der Waals surface area contributed by atoms with E-state index < -0.39 is 0 Å². The molecule has 0 spiro atoms. The molecule has 0 aliphatic heterocycles. The molecule has 124 valence electrons. The summed E-state index contributed by atoms with van der Waals surface area (Å²) in [6.07, 6.45) is 0. The molecule has 1 aromatic heterocycles. The molecule has 3 rings (SSSR count). The van der Waals surface area contributed by atoms with Crippen LogP contribution in [0, 0.1) is 6.92 Å². The van der Waals surface area contributed by atoms with Crippen LogP contribution in [0.1, 0.15) is 11.1 Å². The minimum absolute atomic E-state index is 0.635. The number of ether oxygens (including phenoxy) is 1. The van der Waals surface area contributed by atoms with Crippen LogP contribution in [0.3, 0.4) is 0 Å². The van der Waals surface area contributed by atoms with Gasteiger partial charge >= 0.3 is 0 Å². The van der Waals surface area contributed by atoms with Crippen molar-refractivity contribution in [2.45, 2.75) is 24.4 Å². The monoisotopic (exact) mass is 339 g/mol. The number of methoxy groups -OCH3 is 1. The van der Waals surface area contributed by atoms with Crippen LogP contribution in [-0.2, 0) is 17.0 Å². The van der Waals surface area contributed by atoms with E-state index in [1.807, 2.05) is 18.2 Å². The van der Waals surface area contributed by atoms with Crippen molar-refractivity contribution in [2.24, 2.45) is 0 Å². The Labute approximate surface area is 146 Å². The summed E-state index contributed by atoms with van der Waals surface area (Å²) in [5.74, 6) is 1.76. The van der Waals surface area contributed by atoms with Crippen LogP contribution in [0.15, 0.2) is 59.8 Å². The molecule has 0 saturated heterocycles. The summed E-state index contributed by atoms with van der Waals surface area (Å²) in [4.78, 5) is 0. The third-order valence-corrected chi connectivity index (χ3v) is 4.79. The molecule has 2 aromatic carbocycles. The molecule has 4 nitrogen and oxygen atoms in total. The average molecular weight is 339 g/mol. The summed E-state index contributed by atoms with van der Waals surface area (Å²) < 4.78 is 7.39. The average Bonchev–Trinajstić information content (AvgIpc) is 3.03. The van der Waals surface area contributed by atoms with Gasteiger partial charge in [-0.3, -0.25) is 4.57 Å². The third-order valence-electron chi connectivity index (χ3n) is 3.76. The highest BCUT2D eigenvalue weighted by atomic mass is 32.2. The number of rotatable bonds is 7. The van der Waals surface area contributed by atoms with Crippen LogP contribution in [0.5, 0.6) is 0 Å². The Kier molecular flexibility index (Phi) is 5.67. The van der Waals surface area contributed by atoms with Crippen molar-refractivity contribution in [3.8, 4) is 11.4 Å². The van der Waals surface area contributed by atoms with E-state index >= 15 is 0 Å². The zero-order valence-electron chi connectivity index (χ0n) is 14.0. The Balaban J connectivity index is 1.81. The molecule has 0 aliphatic rings. The molecular weight excluding hydrogens is 318 g/mol. The summed E-state index contributed by atoms with van der Waals surface area (Å²) in [5.41, 5.74) is 3.63. The molecule has 0 aliphatic carbocycles. The van der Waals surface area contributed by atoms with Crippen LogP contribution in [0.2, 0.25) is 0 Å². The number of aromatic nitrogens is 3. The fourth-order valence-corrected chi connectivity index (χ4v) is 3.33. The maximum atomic E-state index is 5.25. The number of benzene rings is 2. The van der Waals surface area contributed by atoms with E-state index in [2.05, 4.69) is 58.1 Å². The Morgan fingerprint density at radius 3 is 2.46 bits per heavy atom. The van der Waals surface area contributed by atoms with E-state index in [1.165, 1.54) is 11.1 Å². The van der Waals surface area contributed by atoms with E-state index in [9.17, 15) is 0 Å². The van der Waals surface area contributed by atoms with Crippen LogP contribution >= 0.6 is 11.8 Å². The second-order valence-electron chi connectivity index (χ2n) is 5.59. The first-order valence-corrected chi connectivity index (χ1v) is 8.92. The molecule has 5 heteroatoms. The van der Waals surface area contributed by atoms with E-state index in [0.717, 1.165) is 28.8 Å². The fraction of sp³-hybridized carbons (Fsp3) is 0.263. The molecule has 0 fully saturated rings. The first-order valence-electron chi connectivity index (χ1n) is 7.94. The number of hydrogen-bond acceptors (Lipinski definition) is 4. The first-order chi connectivity index (χ1) is 11.8. The lowest BCUT2D eigenvalue weighted by Gasteiger charge is -2.09. The predicted molar refractivity (Wildman–Crippen MR) is 98.1 cm³/mol. The zero-order chi connectivity index (χ0) is 16.8. The third kappa shape index (κ3) is 4.04. The zero-order valence-corrected chi connectivity index (χ0v) is 14.8. The van der Waals surface area contributed by atoms with E-state index in [1.54, 1.807) is 18.9 Å². The van der Waals surface area contributed by atoms with Crippen molar-refractivity contribution in [1.82, 2.24) is 14.8 Å². The normalized spacial score (nSPS) is 10.9. The minimum atomic E-state index is 0.635. The molecule has 1 heterocycles. The molecule has 0 N–H and O–H groups in total. The maximum absolute atomic E-state index is 5.25. The number of hydrogen-bond donors (Lipinski definition) is 0. The first kappa shape index (κ1) is 16.7. The van der Waals surface area contributed by atoms with Gasteiger partial charge in [-0.15, -0.1) is 10.2 Å². The summed E-state index contributed by atoms with van der Waals surface area (Å²) in [7, 11) is 1.71. The second kappa shape index (κ2) is 8.13. The molecule has 0 amide bonds. The quantitative estimate of drug-likeness (QED) is 0.605. The molecule has 24 heavy (non-hydrogen) atoms.